The van der Waals surface area contributed by atoms with Crippen molar-refractivity contribution in [2.45, 2.75) is 12.5 Å². The van der Waals surface area contributed by atoms with Gasteiger partial charge in [-0.15, -0.1) is 0 Å². The molecule has 0 saturated carbocycles. The Bertz CT molecular complexity index is 1140. The summed E-state index contributed by atoms with van der Waals surface area (Å²) >= 11 is 11.8. The zero-order valence-corrected chi connectivity index (χ0v) is 17.6. The van der Waals surface area contributed by atoms with Gasteiger partial charge in [-0.1, -0.05) is 35.3 Å². The van der Waals surface area contributed by atoms with E-state index in [2.05, 4.69) is 5.10 Å². The van der Waals surface area contributed by atoms with Gasteiger partial charge in [0.1, 0.15) is 11.8 Å². The Hall–Kier alpha value is -3.29. The van der Waals surface area contributed by atoms with E-state index in [0.717, 1.165) is 5.56 Å². The molecule has 2 N–H and O–H groups in total. The summed E-state index contributed by atoms with van der Waals surface area (Å²) in [5.41, 5.74) is 7.70. The first kappa shape index (κ1) is 21.0. The number of esters is 1. The number of hydrogen-bond acceptors (Lipinski definition) is 6. The first-order valence-corrected chi connectivity index (χ1v) is 10.1. The molecule has 1 amide bonds. The van der Waals surface area contributed by atoms with E-state index in [0.29, 0.717) is 27.9 Å². The number of furan rings is 1. The number of rotatable bonds is 5. The monoisotopic (exact) mass is 457 g/mol. The molecule has 9 heteroatoms. The van der Waals surface area contributed by atoms with Crippen molar-refractivity contribution in [1.82, 2.24) is 5.01 Å². The molecule has 1 aliphatic heterocycles. The molecule has 0 spiro atoms. The summed E-state index contributed by atoms with van der Waals surface area (Å²) in [6, 6.07) is 14.6. The second-order valence-electron chi connectivity index (χ2n) is 6.84. The van der Waals surface area contributed by atoms with Gasteiger partial charge in [-0.05, 0) is 48.0 Å². The van der Waals surface area contributed by atoms with Crippen LogP contribution in [0.1, 0.15) is 34.1 Å². The lowest BCUT2D eigenvalue weighted by molar-refractivity contribution is -0.136. The fourth-order valence-electron chi connectivity index (χ4n) is 3.21. The highest BCUT2D eigenvalue weighted by molar-refractivity contribution is 6.33. The first-order valence-electron chi connectivity index (χ1n) is 9.33. The largest absolute Gasteiger partial charge is 0.467 e. The van der Waals surface area contributed by atoms with Crippen LogP contribution in [-0.2, 0) is 9.53 Å². The third kappa shape index (κ3) is 4.57. The molecule has 0 bridgehead atoms. The van der Waals surface area contributed by atoms with E-state index in [1.54, 1.807) is 24.3 Å². The Labute approximate surface area is 188 Å². The number of ether oxygens (including phenoxy) is 1. The van der Waals surface area contributed by atoms with E-state index in [-0.39, 0.29) is 11.3 Å². The van der Waals surface area contributed by atoms with Crippen LogP contribution in [0.4, 0.5) is 5.69 Å². The van der Waals surface area contributed by atoms with Gasteiger partial charge in [-0.3, -0.25) is 4.79 Å². The summed E-state index contributed by atoms with van der Waals surface area (Å²) in [7, 11) is 0. The molecule has 31 heavy (non-hydrogen) atoms. The van der Waals surface area contributed by atoms with Gasteiger partial charge in [0, 0.05) is 11.4 Å². The predicted octanol–water partition coefficient (Wildman–Crippen LogP) is 4.70. The van der Waals surface area contributed by atoms with Gasteiger partial charge in [0.25, 0.3) is 5.91 Å². The highest BCUT2D eigenvalue weighted by Gasteiger charge is 2.35. The summed E-state index contributed by atoms with van der Waals surface area (Å²) in [4.78, 5) is 25.2. The van der Waals surface area contributed by atoms with Crippen molar-refractivity contribution in [3.05, 3.63) is 87.8 Å². The van der Waals surface area contributed by atoms with Gasteiger partial charge in [-0.25, -0.2) is 9.80 Å². The number of benzene rings is 2. The Morgan fingerprint density at radius 2 is 1.94 bits per heavy atom. The zero-order chi connectivity index (χ0) is 22.0. The lowest BCUT2D eigenvalue weighted by Gasteiger charge is -2.19. The third-order valence-electron chi connectivity index (χ3n) is 4.77. The SMILES string of the molecule is Nc1cc(C(=O)OCC(=O)N2N=C(c3ccc(Cl)cc3)C[C@@H]2c2ccco2)ccc1Cl. The molecule has 7 nitrogen and oxygen atoms in total. The minimum Gasteiger partial charge on any atom is -0.467 e. The van der Waals surface area contributed by atoms with Crippen molar-refractivity contribution in [3.8, 4) is 0 Å². The number of halogens is 2. The first-order chi connectivity index (χ1) is 14.9. The van der Waals surface area contributed by atoms with Crippen LogP contribution in [0.15, 0.2) is 70.4 Å². The Kier molecular flexibility index (Phi) is 5.97. The summed E-state index contributed by atoms with van der Waals surface area (Å²) < 4.78 is 10.7. The number of hydrogen-bond donors (Lipinski definition) is 1. The highest BCUT2D eigenvalue weighted by Crippen LogP contribution is 2.33. The van der Waals surface area contributed by atoms with E-state index in [1.165, 1.54) is 29.5 Å². The maximum Gasteiger partial charge on any atom is 0.338 e. The average molecular weight is 458 g/mol. The number of nitrogen functional groups attached to an aromatic ring is 1. The molecule has 1 aliphatic rings. The predicted molar refractivity (Wildman–Crippen MR) is 117 cm³/mol. The van der Waals surface area contributed by atoms with Gasteiger partial charge in [0.15, 0.2) is 6.61 Å². The van der Waals surface area contributed by atoms with Gasteiger partial charge >= 0.3 is 5.97 Å². The number of nitrogens with two attached hydrogens (primary N) is 1. The maximum atomic E-state index is 12.9. The quantitative estimate of drug-likeness (QED) is 0.442. The van der Waals surface area contributed by atoms with E-state index in [1.807, 2.05) is 12.1 Å². The van der Waals surface area contributed by atoms with Gasteiger partial charge < -0.3 is 14.9 Å². The van der Waals surface area contributed by atoms with Crippen LogP contribution in [0.3, 0.4) is 0 Å². The Morgan fingerprint density at radius 3 is 2.61 bits per heavy atom. The Balaban J connectivity index is 1.51. The van der Waals surface area contributed by atoms with Crippen LogP contribution in [0.2, 0.25) is 10.0 Å². The van der Waals surface area contributed by atoms with Crippen molar-refractivity contribution in [2.75, 3.05) is 12.3 Å². The fourth-order valence-corrected chi connectivity index (χ4v) is 3.45. The molecular weight excluding hydrogens is 441 g/mol. The molecule has 3 aromatic rings. The molecular formula is C22H17Cl2N3O4. The topological polar surface area (TPSA) is 98.1 Å². The van der Waals surface area contributed by atoms with E-state index < -0.39 is 24.5 Å². The summed E-state index contributed by atoms with van der Waals surface area (Å²) in [6.07, 6.45) is 1.98. The van der Waals surface area contributed by atoms with Crippen molar-refractivity contribution in [1.29, 1.82) is 0 Å². The van der Waals surface area contributed by atoms with E-state index in [4.69, 9.17) is 38.1 Å². The van der Waals surface area contributed by atoms with E-state index >= 15 is 0 Å². The van der Waals surface area contributed by atoms with Crippen molar-refractivity contribution >= 4 is 46.5 Å². The number of nitrogens with zero attached hydrogens (tertiary/aromatic N) is 2. The van der Waals surface area contributed by atoms with Crippen molar-refractivity contribution < 1.29 is 18.7 Å². The zero-order valence-electron chi connectivity index (χ0n) is 16.1. The van der Waals surface area contributed by atoms with Gasteiger partial charge in [-0.2, -0.15) is 5.10 Å². The van der Waals surface area contributed by atoms with Crippen molar-refractivity contribution in [3.63, 3.8) is 0 Å². The number of carbonyl (C=O) groups is 2. The van der Waals surface area contributed by atoms with Gasteiger partial charge in [0.05, 0.1) is 28.2 Å². The van der Waals surface area contributed by atoms with Crippen LogP contribution in [0.5, 0.6) is 0 Å². The number of amides is 1. The average Bonchev–Trinajstić information content (AvgIpc) is 3.44. The third-order valence-corrected chi connectivity index (χ3v) is 5.37. The molecule has 0 fully saturated rings. The highest BCUT2D eigenvalue weighted by atomic mass is 35.5. The van der Waals surface area contributed by atoms with Crippen LogP contribution in [0.25, 0.3) is 0 Å². The van der Waals surface area contributed by atoms with Crippen LogP contribution >= 0.6 is 23.2 Å². The molecule has 0 aliphatic carbocycles. The minimum absolute atomic E-state index is 0.198. The van der Waals surface area contributed by atoms with Crippen LogP contribution < -0.4 is 5.73 Å². The number of hydrazone groups is 1. The lowest BCUT2D eigenvalue weighted by Crippen LogP contribution is -2.31. The molecule has 0 unspecified atom stereocenters. The summed E-state index contributed by atoms with van der Waals surface area (Å²) in [6.45, 7) is -0.490. The number of anilines is 1. The minimum atomic E-state index is -0.688. The molecule has 1 atom stereocenters. The van der Waals surface area contributed by atoms with E-state index in [9.17, 15) is 9.59 Å². The Morgan fingerprint density at radius 1 is 1.16 bits per heavy atom. The van der Waals surface area contributed by atoms with Crippen LogP contribution in [-0.4, -0.2) is 29.2 Å². The van der Waals surface area contributed by atoms with Gasteiger partial charge in [0.2, 0.25) is 0 Å². The molecule has 1 aromatic heterocycles. The second kappa shape index (κ2) is 8.83. The molecule has 0 radical (unpaired) electrons. The molecule has 2 aromatic carbocycles. The number of carbonyl (C=O) groups excluding carboxylic acids is 2. The maximum absolute atomic E-state index is 12.9. The summed E-state index contributed by atoms with van der Waals surface area (Å²) in [5.74, 6) is -0.592. The molecule has 0 saturated heterocycles. The smallest absolute Gasteiger partial charge is 0.338 e. The molecule has 4 rings (SSSR count). The fraction of sp³-hybridized carbons (Fsp3) is 0.136. The van der Waals surface area contributed by atoms with Crippen LogP contribution in [0, 0.1) is 0 Å². The normalized spacial score (nSPS) is 15.6. The summed E-state index contributed by atoms with van der Waals surface area (Å²) in [5, 5.41) is 6.69. The van der Waals surface area contributed by atoms with Crippen molar-refractivity contribution in [2.24, 2.45) is 5.10 Å². The molecule has 158 valence electrons. The second-order valence-corrected chi connectivity index (χ2v) is 7.68. The molecule has 2 heterocycles. The lowest BCUT2D eigenvalue weighted by atomic mass is 10.0. The standard InChI is InChI=1S/C22H17Cl2N3O4/c23-15-6-3-13(4-7-15)18-11-19(20-2-1-9-30-20)27(26-18)21(28)12-31-22(29)14-5-8-16(24)17(25)10-14/h1-10,19H,11-12,25H2/t19-/m1/s1.